The molecule has 0 amide bonds. The summed E-state index contributed by atoms with van der Waals surface area (Å²) in [6, 6.07) is 5.73. The topological polar surface area (TPSA) is 38.7 Å². The van der Waals surface area contributed by atoms with Crippen molar-refractivity contribution in [2.75, 3.05) is 40.3 Å². The van der Waals surface area contributed by atoms with Gasteiger partial charge in [0.25, 0.3) is 0 Å². The number of hydrogen-bond acceptors (Lipinski definition) is 4. The third-order valence-electron chi connectivity index (χ3n) is 3.76. The molecule has 2 rings (SSSR count). The van der Waals surface area contributed by atoms with E-state index in [-0.39, 0.29) is 5.75 Å². The van der Waals surface area contributed by atoms with Gasteiger partial charge >= 0.3 is 0 Å². The molecule has 1 aromatic carbocycles. The van der Waals surface area contributed by atoms with Crippen LogP contribution in [0, 0.1) is 0 Å². The van der Waals surface area contributed by atoms with E-state index >= 15 is 0 Å². The summed E-state index contributed by atoms with van der Waals surface area (Å²) < 4.78 is 0. The lowest BCUT2D eigenvalue weighted by Crippen LogP contribution is -2.53. The molecular formula is C14H22ClN3O. The molecule has 1 aliphatic heterocycles. The van der Waals surface area contributed by atoms with E-state index in [0.29, 0.717) is 17.6 Å². The molecule has 1 atom stereocenters. The number of rotatable bonds is 4. The van der Waals surface area contributed by atoms with Crippen LogP contribution < -0.4 is 5.32 Å². The Balaban J connectivity index is 1.86. The fourth-order valence-electron chi connectivity index (χ4n) is 2.41. The van der Waals surface area contributed by atoms with Crippen LogP contribution in [-0.2, 0) is 6.54 Å². The monoisotopic (exact) mass is 283 g/mol. The van der Waals surface area contributed by atoms with Crippen molar-refractivity contribution in [3.63, 3.8) is 0 Å². The molecule has 4 nitrogen and oxygen atoms in total. The van der Waals surface area contributed by atoms with Gasteiger partial charge in [-0.05, 0) is 26.2 Å². The van der Waals surface area contributed by atoms with E-state index in [0.717, 1.165) is 31.7 Å². The summed E-state index contributed by atoms with van der Waals surface area (Å²) in [5, 5.41) is 13.8. The molecule has 0 aliphatic carbocycles. The van der Waals surface area contributed by atoms with Crippen molar-refractivity contribution in [3.05, 3.63) is 28.8 Å². The van der Waals surface area contributed by atoms with Crippen LogP contribution in [0.1, 0.15) is 5.56 Å². The molecule has 0 spiro atoms. The van der Waals surface area contributed by atoms with Crippen molar-refractivity contribution in [2.45, 2.75) is 12.6 Å². The highest BCUT2D eigenvalue weighted by Crippen LogP contribution is 2.24. The second-order valence-corrected chi connectivity index (χ2v) is 5.67. The first-order valence-electron chi connectivity index (χ1n) is 6.64. The maximum atomic E-state index is 9.78. The minimum atomic E-state index is 0.258. The first-order valence-corrected chi connectivity index (χ1v) is 7.01. The zero-order valence-electron chi connectivity index (χ0n) is 11.6. The zero-order valence-corrected chi connectivity index (χ0v) is 12.3. The molecule has 0 aromatic heterocycles. The van der Waals surface area contributed by atoms with E-state index in [1.165, 1.54) is 0 Å². The molecule has 19 heavy (non-hydrogen) atoms. The number of halogens is 1. The Hall–Kier alpha value is -0.810. The first-order chi connectivity index (χ1) is 9.08. The first kappa shape index (κ1) is 14.6. The molecular weight excluding hydrogens is 262 g/mol. The molecule has 106 valence electrons. The van der Waals surface area contributed by atoms with Crippen LogP contribution in [0.5, 0.6) is 5.75 Å². The molecule has 0 radical (unpaired) electrons. The maximum absolute atomic E-state index is 9.78. The third-order valence-corrected chi connectivity index (χ3v) is 4.11. The number of piperazine rings is 1. The molecule has 2 N–H and O–H groups in total. The molecule has 5 heteroatoms. The third kappa shape index (κ3) is 3.83. The average Bonchev–Trinajstić information content (AvgIpc) is 2.37. The minimum absolute atomic E-state index is 0.258. The van der Waals surface area contributed by atoms with Gasteiger partial charge in [0.05, 0.1) is 0 Å². The van der Waals surface area contributed by atoms with Gasteiger partial charge in [-0.25, -0.2) is 0 Å². The second kappa shape index (κ2) is 6.57. The molecule has 1 heterocycles. The van der Waals surface area contributed by atoms with Crippen LogP contribution in [-0.4, -0.2) is 61.2 Å². The summed E-state index contributed by atoms with van der Waals surface area (Å²) in [7, 11) is 4.31. The highest BCUT2D eigenvalue weighted by Gasteiger charge is 2.21. The lowest BCUT2D eigenvalue weighted by atomic mass is 10.1. The number of nitrogens with zero attached hydrogens (tertiary/aromatic N) is 2. The molecule has 1 aromatic rings. The van der Waals surface area contributed by atoms with Crippen LogP contribution in [0.2, 0.25) is 5.02 Å². The number of phenols is 1. The highest BCUT2D eigenvalue weighted by molar-refractivity contribution is 6.31. The lowest BCUT2D eigenvalue weighted by Gasteiger charge is -2.37. The van der Waals surface area contributed by atoms with Crippen molar-refractivity contribution in [2.24, 2.45) is 0 Å². The summed E-state index contributed by atoms with van der Waals surface area (Å²) in [4.78, 5) is 4.72. The number of benzene rings is 1. The summed E-state index contributed by atoms with van der Waals surface area (Å²) in [5.74, 6) is 0.258. The molecule has 0 saturated carbocycles. The van der Waals surface area contributed by atoms with Gasteiger partial charge in [-0.1, -0.05) is 17.7 Å². The fourth-order valence-corrected chi connectivity index (χ4v) is 2.64. The second-order valence-electron chi connectivity index (χ2n) is 5.27. The zero-order chi connectivity index (χ0) is 13.8. The van der Waals surface area contributed by atoms with Gasteiger partial charge in [0, 0.05) is 49.4 Å². The van der Waals surface area contributed by atoms with E-state index in [1.54, 1.807) is 18.2 Å². The number of hydrogen-bond donors (Lipinski definition) is 2. The largest absolute Gasteiger partial charge is 0.508 e. The average molecular weight is 284 g/mol. The molecule has 0 bridgehead atoms. The molecule has 1 unspecified atom stereocenters. The van der Waals surface area contributed by atoms with Crippen LogP contribution in [0.25, 0.3) is 0 Å². The quantitative estimate of drug-likeness (QED) is 0.876. The Kier molecular flexibility index (Phi) is 5.05. The van der Waals surface area contributed by atoms with Crippen LogP contribution in [0.3, 0.4) is 0 Å². The standard InChI is InChI=1S/C14H22ClN3O/c1-17-6-7-18(2)11(10-17)8-16-9-12-13(15)4-3-5-14(12)19/h3-5,11,16,19H,6-10H2,1-2H3. The predicted molar refractivity (Wildman–Crippen MR) is 78.7 cm³/mol. The van der Waals surface area contributed by atoms with Crippen molar-refractivity contribution >= 4 is 11.6 Å². The number of aromatic hydroxyl groups is 1. The Morgan fingerprint density at radius 2 is 2.16 bits per heavy atom. The SMILES string of the molecule is CN1CCN(C)C(CNCc2c(O)cccc2Cl)C1. The van der Waals surface area contributed by atoms with Crippen molar-refractivity contribution in [3.8, 4) is 5.75 Å². The lowest BCUT2D eigenvalue weighted by molar-refractivity contribution is 0.113. The van der Waals surface area contributed by atoms with E-state index < -0.39 is 0 Å². The Morgan fingerprint density at radius 3 is 2.89 bits per heavy atom. The fraction of sp³-hybridized carbons (Fsp3) is 0.571. The van der Waals surface area contributed by atoms with Crippen LogP contribution in [0.15, 0.2) is 18.2 Å². The van der Waals surface area contributed by atoms with Gasteiger partial charge in [0.2, 0.25) is 0 Å². The smallest absolute Gasteiger partial charge is 0.121 e. The van der Waals surface area contributed by atoms with Crippen LogP contribution >= 0.6 is 11.6 Å². The van der Waals surface area contributed by atoms with Crippen molar-refractivity contribution < 1.29 is 5.11 Å². The maximum Gasteiger partial charge on any atom is 0.121 e. The summed E-state index contributed by atoms with van der Waals surface area (Å²) in [6.45, 7) is 4.78. The van der Waals surface area contributed by atoms with Gasteiger partial charge in [-0.15, -0.1) is 0 Å². The summed E-state index contributed by atoms with van der Waals surface area (Å²) in [6.07, 6.45) is 0. The van der Waals surface area contributed by atoms with Crippen LogP contribution in [0.4, 0.5) is 0 Å². The van der Waals surface area contributed by atoms with Gasteiger partial charge < -0.3 is 15.3 Å². The molecule has 1 aliphatic rings. The Bertz CT molecular complexity index is 407. The highest BCUT2D eigenvalue weighted by atomic mass is 35.5. The van der Waals surface area contributed by atoms with Gasteiger partial charge in [-0.2, -0.15) is 0 Å². The molecule has 1 fully saturated rings. The van der Waals surface area contributed by atoms with E-state index in [4.69, 9.17) is 11.6 Å². The van der Waals surface area contributed by atoms with Crippen molar-refractivity contribution in [1.82, 2.24) is 15.1 Å². The minimum Gasteiger partial charge on any atom is -0.508 e. The normalized spacial score (nSPS) is 21.7. The molecule has 1 saturated heterocycles. The van der Waals surface area contributed by atoms with E-state index in [9.17, 15) is 5.11 Å². The van der Waals surface area contributed by atoms with Gasteiger partial charge in [0.15, 0.2) is 0 Å². The van der Waals surface area contributed by atoms with Gasteiger partial charge in [0.1, 0.15) is 5.75 Å². The predicted octanol–water partition coefficient (Wildman–Crippen LogP) is 1.38. The Labute approximate surface area is 120 Å². The number of nitrogens with one attached hydrogen (secondary N) is 1. The summed E-state index contributed by atoms with van der Waals surface area (Å²) in [5.41, 5.74) is 0.774. The van der Waals surface area contributed by atoms with Crippen molar-refractivity contribution in [1.29, 1.82) is 0 Å². The number of likely N-dealkylation sites (N-methyl/N-ethyl adjacent to an activating group) is 2. The Morgan fingerprint density at radius 1 is 1.37 bits per heavy atom. The summed E-state index contributed by atoms with van der Waals surface area (Å²) >= 11 is 6.08. The van der Waals surface area contributed by atoms with Gasteiger partial charge in [-0.3, -0.25) is 4.90 Å². The van der Waals surface area contributed by atoms with E-state index in [2.05, 4.69) is 29.2 Å². The number of phenolic OH excluding ortho intramolecular Hbond substituents is 1. The van der Waals surface area contributed by atoms with E-state index in [1.807, 2.05) is 0 Å².